The van der Waals surface area contributed by atoms with Crippen LogP contribution in [0.5, 0.6) is 0 Å². The molecule has 0 saturated carbocycles. The molecule has 27 heavy (non-hydrogen) atoms. The first-order valence-electron chi connectivity index (χ1n) is 8.92. The van der Waals surface area contributed by atoms with E-state index in [1.54, 1.807) is 23.4 Å². The maximum atomic E-state index is 13.0. The Morgan fingerprint density at radius 3 is 2.89 bits per heavy atom. The standard InChI is InChI=1S/C20H18N6O/c1-13-10-14(12-21-11-13)15-5-6-16-19(23-15)26(18-7-9-25(16)18)20(27)24-17-4-2-3-8-22-17/h2-6,8,10-12,18H,7,9H2,1H3,(H,22,24,27)/t18-/m0/s1. The van der Waals surface area contributed by atoms with E-state index in [0.29, 0.717) is 11.6 Å². The van der Waals surface area contributed by atoms with E-state index in [1.165, 1.54) is 0 Å². The molecule has 2 aliphatic rings. The highest BCUT2D eigenvalue weighted by Crippen LogP contribution is 2.45. The number of nitrogens with zero attached hydrogens (tertiary/aromatic N) is 5. The molecule has 3 aromatic rings. The average Bonchev–Trinajstić information content (AvgIpc) is 2.88. The fourth-order valence-corrected chi connectivity index (χ4v) is 3.60. The zero-order chi connectivity index (χ0) is 18.4. The fraction of sp³-hybridized carbons (Fsp3) is 0.200. The molecule has 5 rings (SSSR count). The molecule has 0 spiro atoms. The van der Waals surface area contributed by atoms with Crippen LogP contribution in [-0.2, 0) is 0 Å². The van der Waals surface area contributed by atoms with Crippen LogP contribution in [0.1, 0.15) is 12.0 Å². The molecule has 1 fully saturated rings. The second-order valence-corrected chi connectivity index (χ2v) is 6.77. The maximum absolute atomic E-state index is 13.0. The van der Waals surface area contributed by atoms with Crippen molar-refractivity contribution < 1.29 is 4.79 Å². The molecule has 1 saturated heterocycles. The third kappa shape index (κ3) is 2.59. The van der Waals surface area contributed by atoms with E-state index >= 15 is 0 Å². The molecule has 134 valence electrons. The van der Waals surface area contributed by atoms with E-state index in [-0.39, 0.29) is 12.2 Å². The van der Waals surface area contributed by atoms with Gasteiger partial charge in [0.2, 0.25) is 0 Å². The first-order valence-corrected chi connectivity index (χ1v) is 8.92. The van der Waals surface area contributed by atoms with Crippen molar-refractivity contribution in [1.29, 1.82) is 0 Å². The lowest BCUT2D eigenvalue weighted by molar-refractivity contribution is 0.252. The highest BCUT2D eigenvalue weighted by Gasteiger charge is 2.46. The highest BCUT2D eigenvalue weighted by atomic mass is 16.2. The van der Waals surface area contributed by atoms with Crippen LogP contribution in [-0.4, -0.2) is 33.7 Å². The van der Waals surface area contributed by atoms with Crippen LogP contribution >= 0.6 is 0 Å². The first kappa shape index (κ1) is 15.7. The molecule has 1 N–H and O–H groups in total. The Morgan fingerprint density at radius 2 is 2.15 bits per heavy atom. The van der Waals surface area contributed by atoms with Crippen LogP contribution in [0.15, 0.2) is 55.0 Å². The summed E-state index contributed by atoms with van der Waals surface area (Å²) in [5, 5.41) is 2.87. The van der Waals surface area contributed by atoms with Crippen LogP contribution < -0.4 is 15.1 Å². The quantitative estimate of drug-likeness (QED) is 0.760. The normalized spacial score (nSPS) is 17.1. The molecule has 0 aromatic carbocycles. The van der Waals surface area contributed by atoms with Gasteiger partial charge in [-0.1, -0.05) is 6.07 Å². The topological polar surface area (TPSA) is 74.2 Å². The van der Waals surface area contributed by atoms with E-state index in [4.69, 9.17) is 4.98 Å². The number of amides is 2. The Labute approximate surface area is 156 Å². The molecule has 7 nitrogen and oxygen atoms in total. The minimum atomic E-state index is -0.214. The van der Waals surface area contributed by atoms with Crippen molar-refractivity contribution in [3.63, 3.8) is 0 Å². The molecule has 0 radical (unpaired) electrons. The van der Waals surface area contributed by atoms with E-state index in [1.807, 2.05) is 43.5 Å². The molecule has 0 bridgehead atoms. The Kier molecular flexibility index (Phi) is 3.53. The molecular weight excluding hydrogens is 340 g/mol. The number of hydrogen-bond donors (Lipinski definition) is 1. The largest absolute Gasteiger partial charge is 0.347 e. The zero-order valence-corrected chi connectivity index (χ0v) is 14.8. The number of carbonyl (C=O) groups excluding carboxylic acids is 1. The highest BCUT2D eigenvalue weighted by molar-refractivity contribution is 6.06. The van der Waals surface area contributed by atoms with Gasteiger partial charge in [-0.2, -0.15) is 0 Å². The lowest BCUT2D eigenvalue weighted by Gasteiger charge is -2.39. The smallest absolute Gasteiger partial charge is 0.330 e. The summed E-state index contributed by atoms with van der Waals surface area (Å²) in [5.74, 6) is 1.21. The van der Waals surface area contributed by atoms with Crippen molar-refractivity contribution in [1.82, 2.24) is 15.0 Å². The first-order chi connectivity index (χ1) is 13.2. The summed E-state index contributed by atoms with van der Waals surface area (Å²) in [7, 11) is 0. The van der Waals surface area contributed by atoms with Gasteiger partial charge in [0.25, 0.3) is 0 Å². The molecule has 0 aliphatic carbocycles. The number of anilines is 3. The van der Waals surface area contributed by atoms with Crippen molar-refractivity contribution in [3.8, 4) is 11.3 Å². The molecule has 2 aliphatic heterocycles. The number of urea groups is 1. The summed E-state index contributed by atoms with van der Waals surface area (Å²) < 4.78 is 0. The van der Waals surface area contributed by atoms with E-state index < -0.39 is 0 Å². The van der Waals surface area contributed by atoms with Crippen molar-refractivity contribution in [2.45, 2.75) is 19.5 Å². The molecule has 2 amide bonds. The summed E-state index contributed by atoms with van der Waals surface area (Å²) in [5.41, 5.74) is 3.82. The van der Waals surface area contributed by atoms with Crippen molar-refractivity contribution in [3.05, 3.63) is 60.6 Å². The van der Waals surface area contributed by atoms with Gasteiger partial charge in [0.1, 0.15) is 12.0 Å². The van der Waals surface area contributed by atoms with Crippen LogP contribution in [0.25, 0.3) is 11.3 Å². The number of pyridine rings is 3. The second kappa shape index (κ2) is 6.05. The number of carbonyl (C=O) groups is 1. The third-order valence-electron chi connectivity index (χ3n) is 4.97. The number of hydrogen-bond acceptors (Lipinski definition) is 5. The summed E-state index contributed by atoms with van der Waals surface area (Å²) in [6.45, 7) is 2.93. The monoisotopic (exact) mass is 358 g/mol. The van der Waals surface area contributed by atoms with E-state index in [9.17, 15) is 4.79 Å². The summed E-state index contributed by atoms with van der Waals surface area (Å²) in [6, 6.07) is 11.3. The van der Waals surface area contributed by atoms with Crippen molar-refractivity contribution >= 4 is 23.4 Å². The van der Waals surface area contributed by atoms with E-state index in [2.05, 4.69) is 20.2 Å². The molecular formula is C20H18N6O. The summed E-state index contributed by atoms with van der Waals surface area (Å²) in [6.07, 6.45) is 6.21. The fourth-order valence-electron chi connectivity index (χ4n) is 3.60. The predicted molar refractivity (Wildman–Crippen MR) is 104 cm³/mol. The van der Waals surface area contributed by atoms with Gasteiger partial charge in [0.15, 0.2) is 5.82 Å². The minimum absolute atomic E-state index is 0.0158. The van der Waals surface area contributed by atoms with Crippen molar-refractivity contribution in [2.24, 2.45) is 0 Å². The predicted octanol–water partition coefficient (Wildman–Crippen LogP) is 3.44. The lowest BCUT2D eigenvalue weighted by atomic mass is 10.1. The molecule has 7 heteroatoms. The Bertz CT molecular complexity index is 1020. The third-order valence-corrected chi connectivity index (χ3v) is 4.97. The Hall–Kier alpha value is -3.48. The summed E-state index contributed by atoms with van der Waals surface area (Å²) >= 11 is 0. The molecule has 0 unspecified atom stereocenters. The molecule has 5 heterocycles. The van der Waals surface area contributed by atoms with Gasteiger partial charge < -0.3 is 4.90 Å². The second-order valence-electron chi connectivity index (χ2n) is 6.77. The zero-order valence-electron chi connectivity index (χ0n) is 14.8. The van der Waals surface area contributed by atoms with Gasteiger partial charge in [-0.3, -0.25) is 15.2 Å². The van der Waals surface area contributed by atoms with E-state index in [0.717, 1.165) is 35.5 Å². The van der Waals surface area contributed by atoms with Crippen LogP contribution in [0, 0.1) is 6.92 Å². The Balaban J connectivity index is 1.52. The van der Waals surface area contributed by atoms with Crippen LogP contribution in [0.3, 0.4) is 0 Å². The maximum Gasteiger partial charge on any atom is 0.330 e. The van der Waals surface area contributed by atoms with Crippen molar-refractivity contribution in [2.75, 3.05) is 21.7 Å². The SMILES string of the molecule is Cc1cncc(-c2ccc3c(n2)N(C(=O)Nc2ccccn2)[C@H]2CCN32)c1. The number of rotatable bonds is 2. The summed E-state index contributed by atoms with van der Waals surface area (Å²) in [4.78, 5) is 30.2. The van der Waals surface area contributed by atoms with Gasteiger partial charge in [0.05, 0.1) is 11.4 Å². The van der Waals surface area contributed by atoms with Gasteiger partial charge in [-0.25, -0.2) is 14.8 Å². The number of aromatic nitrogens is 3. The molecule has 3 aromatic heterocycles. The number of aryl methyl sites for hydroxylation is 1. The van der Waals surface area contributed by atoms with Gasteiger partial charge in [0, 0.05) is 37.1 Å². The average molecular weight is 358 g/mol. The van der Waals surface area contributed by atoms with Gasteiger partial charge in [-0.05, 0) is 42.8 Å². The Morgan fingerprint density at radius 1 is 1.22 bits per heavy atom. The van der Waals surface area contributed by atoms with Gasteiger partial charge >= 0.3 is 6.03 Å². The van der Waals surface area contributed by atoms with Crippen LogP contribution in [0.2, 0.25) is 0 Å². The minimum Gasteiger partial charge on any atom is -0.347 e. The molecule has 1 atom stereocenters. The number of nitrogens with one attached hydrogen (secondary N) is 1. The lowest BCUT2D eigenvalue weighted by Crippen LogP contribution is -2.56. The van der Waals surface area contributed by atoms with Crippen LogP contribution in [0.4, 0.5) is 22.1 Å². The number of fused-ring (bicyclic) bond motifs is 3. The van der Waals surface area contributed by atoms with Gasteiger partial charge in [-0.15, -0.1) is 0 Å².